The number of aliphatic hydroxyl groups is 1. The van der Waals surface area contributed by atoms with Crippen molar-refractivity contribution in [2.75, 3.05) is 40.8 Å². The molecule has 1 heterocycles. The molecule has 2 aliphatic carbocycles. The summed E-state index contributed by atoms with van der Waals surface area (Å²) >= 11 is 0. The lowest BCUT2D eigenvalue weighted by molar-refractivity contribution is -0.862. The SMILES string of the molecule is CN=NC1CCC(O)C(N=NC2=C(C)C(CCCN(C)C)C(=O)C([NH+]3CCCCC3)=C2C)C1. The van der Waals surface area contributed by atoms with Crippen molar-refractivity contribution in [2.45, 2.75) is 83.4 Å². The summed E-state index contributed by atoms with van der Waals surface area (Å²) in [7, 11) is 5.82. The van der Waals surface area contributed by atoms with Gasteiger partial charge in [0.1, 0.15) is 0 Å². The zero-order chi connectivity index (χ0) is 24.0. The highest BCUT2D eigenvalue weighted by Gasteiger charge is 2.39. The van der Waals surface area contributed by atoms with Gasteiger partial charge in [0.05, 0.1) is 42.9 Å². The first-order valence-corrected chi connectivity index (χ1v) is 12.7. The minimum atomic E-state index is -0.504. The molecule has 1 aliphatic heterocycles. The molecular weight excluding hydrogens is 416 g/mol. The fraction of sp³-hybridized carbons (Fsp3) is 0.800. The molecule has 0 bridgehead atoms. The summed E-state index contributed by atoms with van der Waals surface area (Å²) in [6, 6.07) is -0.188. The van der Waals surface area contributed by atoms with Crippen LogP contribution in [0.25, 0.3) is 0 Å². The number of nitrogens with zero attached hydrogens (tertiary/aromatic N) is 5. The predicted molar refractivity (Wildman–Crippen MR) is 129 cm³/mol. The fourth-order valence-corrected chi connectivity index (χ4v) is 5.55. The Morgan fingerprint density at radius 1 is 1.09 bits per heavy atom. The van der Waals surface area contributed by atoms with Crippen molar-refractivity contribution in [3.63, 3.8) is 0 Å². The topological polar surface area (TPSA) is 94.4 Å². The van der Waals surface area contributed by atoms with E-state index >= 15 is 0 Å². The van der Waals surface area contributed by atoms with Crippen molar-refractivity contribution < 1.29 is 14.8 Å². The molecule has 1 saturated carbocycles. The minimum absolute atomic E-state index is 0.0918. The molecule has 4 atom stereocenters. The van der Waals surface area contributed by atoms with Gasteiger partial charge >= 0.3 is 0 Å². The molecule has 8 nitrogen and oxygen atoms in total. The molecule has 2 N–H and O–H groups in total. The Bertz CT molecular complexity index is 810. The Kier molecular flexibility index (Phi) is 9.47. The van der Waals surface area contributed by atoms with Gasteiger partial charge in [-0.1, -0.05) is 0 Å². The van der Waals surface area contributed by atoms with E-state index in [2.05, 4.69) is 34.3 Å². The first kappa shape index (κ1) is 25.8. The highest BCUT2D eigenvalue weighted by atomic mass is 16.3. The monoisotopic (exact) mass is 459 g/mol. The van der Waals surface area contributed by atoms with Crippen LogP contribution in [-0.4, -0.2) is 74.8 Å². The molecule has 0 aromatic heterocycles. The molecule has 0 amide bonds. The van der Waals surface area contributed by atoms with Crippen LogP contribution in [0.3, 0.4) is 0 Å². The fourth-order valence-electron chi connectivity index (χ4n) is 5.55. The van der Waals surface area contributed by atoms with Crippen LogP contribution in [0.4, 0.5) is 0 Å². The molecular formula is C25H43N6O2+. The van der Waals surface area contributed by atoms with Crippen molar-refractivity contribution >= 4 is 5.78 Å². The van der Waals surface area contributed by atoms with E-state index in [-0.39, 0.29) is 23.8 Å². The number of quaternary nitrogens is 1. The first-order chi connectivity index (χ1) is 15.8. The van der Waals surface area contributed by atoms with Crippen LogP contribution in [0.15, 0.2) is 43.0 Å². The van der Waals surface area contributed by atoms with Gasteiger partial charge in [0, 0.05) is 12.6 Å². The number of hydrogen-bond donors (Lipinski definition) is 2. The molecule has 3 aliphatic rings. The normalized spacial score (nSPS) is 30.5. The molecule has 2 fully saturated rings. The molecule has 0 aromatic carbocycles. The molecule has 3 rings (SSSR count). The molecule has 4 unspecified atom stereocenters. The van der Waals surface area contributed by atoms with Crippen molar-refractivity contribution in [3.05, 3.63) is 22.5 Å². The van der Waals surface area contributed by atoms with Gasteiger partial charge in [0.2, 0.25) is 5.78 Å². The standard InChI is InChI=1S/C25H42N6O2/c1-17-20(10-9-13-30(4)5)25(33)24(31-14-7-6-8-15-31)18(2)23(17)29-28-21-16-19(27-26-3)11-12-22(21)32/h19-22,32H,6-16H2,1-5H3/p+1. The van der Waals surface area contributed by atoms with Crippen LogP contribution in [0.5, 0.6) is 0 Å². The van der Waals surface area contributed by atoms with E-state index in [1.54, 1.807) is 7.05 Å². The van der Waals surface area contributed by atoms with Gasteiger partial charge in [-0.3, -0.25) is 9.69 Å². The molecule has 33 heavy (non-hydrogen) atoms. The Labute approximate surface area is 198 Å². The molecule has 184 valence electrons. The second-order valence-electron chi connectivity index (χ2n) is 10.2. The smallest absolute Gasteiger partial charge is 0.223 e. The largest absolute Gasteiger partial charge is 0.391 e. The summed E-state index contributed by atoms with van der Waals surface area (Å²) in [4.78, 5) is 17.2. The van der Waals surface area contributed by atoms with E-state index in [4.69, 9.17) is 5.11 Å². The number of piperidine rings is 1. The number of nitrogens with one attached hydrogen (secondary N) is 1. The van der Waals surface area contributed by atoms with E-state index in [1.165, 1.54) is 11.3 Å². The molecule has 0 spiro atoms. The van der Waals surface area contributed by atoms with Crippen molar-refractivity contribution in [3.8, 4) is 0 Å². The van der Waals surface area contributed by atoms with E-state index in [0.717, 1.165) is 74.3 Å². The van der Waals surface area contributed by atoms with Gasteiger partial charge in [0.15, 0.2) is 5.70 Å². The van der Waals surface area contributed by atoms with Crippen LogP contribution >= 0.6 is 0 Å². The lowest BCUT2D eigenvalue weighted by Gasteiger charge is -2.32. The highest BCUT2D eigenvalue weighted by molar-refractivity contribution is 5.99. The second kappa shape index (κ2) is 12.1. The Morgan fingerprint density at radius 2 is 1.82 bits per heavy atom. The quantitative estimate of drug-likeness (QED) is 0.547. The molecule has 1 saturated heterocycles. The van der Waals surface area contributed by atoms with Gasteiger partial charge in [-0.25, -0.2) is 0 Å². The number of ketones is 1. The number of azo groups is 2. The lowest BCUT2D eigenvalue weighted by atomic mass is 9.80. The van der Waals surface area contributed by atoms with E-state index in [9.17, 15) is 9.90 Å². The van der Waals surface area contributed by atoms with E-state index in [0.29, 0.717) is 12.8 Å². The van der Waals surface area contributed by atoms with Crippen LogP contribution in [0.2, 0.25) is 0 Å². The Hall–Kier alpha value is -1.77. The zero-order valence-electron chi connectivity index (χ0n) is 21.2. The number of Topliss-reactive ketones (excluding diaryl/α,β-unsaturated/α-hetero) is 1. The van der Waals surface area contributed by atoms with Gasteiger partial charge in [-0.2, -0.15) is 20.5 Å². The summed E-state index contributed by atoms with van der Waals surface area (Å²) in [6.45, 7) is 7.07. The number of allylic oxidation sites excluding steroid dienone is 3. The van der Waals surface area contributed by atoms with Gasteiger partial charge in [-0.05, 0) is 91.4 Å². The van der Waals surface area contributed by atoms with Gasteiger partial charge in [0.25, 0.3) is 0 Å². The number of aliphatic hydroxyl groups excluding tert-OH is 1. The maximum atomic E-state index is 13.7. The van der Waals surface area contributed by atoms with E-state index < -0.39 is 6.10 Å². The number of hydrogen-bond acceptors (Lipinski definition) is 7. The average molecular weight is 460 g/mol. The van der Waals surface area contributed by atoms with Gasteiger partial charge in [-0.15, -0.1) is 0 Å². The summed E-state index contributed by atoms with van der Waals surface area (Å²) in [6.07, 6.45) is 7.01. The number of likely N-dealkylation sites (tertiary alicyclic amines) is 1. The van der Waals surface area contributed by atoms with Crippen LogP contribution in [0.1, 0.15) is 65.2 Å². The van der Waals surface area contributed by atoms with Gasteiger partial charge < -0.3 is 10.0 Å². The lowest BCUT2D eigenvalue weighted by Crippen LogP contribution is -3.12. The predicted octanol–water partition coefficient (Wildman–Crippen LogP) is 2.96. The molecule has 0 radical (unpaired) electrons. The number of carbonyl (C=O) groups is 1. The summed E-state index contributed by atoms with van der Waals surface area (Å²) < 4.78 is 0. The van der Waals surface area contributed by atoms with Crippen molar-refractivity contribution in [1.82, 2.24) is 4.90 Å². The third-order valence-corrected chi connectivity index (χ3v) is 7.44. The second-order valence-corrected chi connectivity index (χ2v) is 10.2. The highest BCUT2D eigenvalue weighted by Crippen LogP contribution is 2.35. The summed E-state index contributed by atoms with van der Waals surface area (Å²) in [5, 5.41) is 28.1. The van der Waals surface area contributed by atoms with Crippen LogP contribution in [0, 0.1) is 5.92 Å². The number of carbonyl (C=O) groups excluding carboxylic acids is 1. The molecule has 0 aromatic rings. The summed E-state index contributed by atoms with van der Waals surface area (Å²) in [5.74, 6) is 0.144. The average Bonchev–Trinajstić information content (AvgIpc) is 2.78. The number of rotatable bonds is 8. The van der Waals surface area contributed by atoms with Crippen LogP contribution < -0.4 is 4.90 Å². The first-order valence-electron chi connectivity index (χ1n) is 12.7. The summed E-state index contributed by atoms with van der Waals surface area (Å²) in [5.41, 5.74) is 3.77. The minimum Gasteiger partial charge on any atom is -0.391 e. The third-order valence-electron chi connectivity index (χ3n) is 7.44. The third kappa shape index (κ3) is 6.43. The Balaban J connectivity index is 1.90. The van der Waals surface area contributed by atoms with E-state index in [1.807, 2.05) is 13.8 Å². The maximum Gasteiger partial charge on any atom is 0.223 e. The van der Waals surface area contributed by atoms with Crippen molar-refractivity contribution in [2.24, 2.45) is 26.4 Å². The van der Waals surface area contributed by atoms with Crippen molar-refractivity contribution in [1.29, 1.82) is 0 Å². The Morgan fingerprint density at radius 3 is 2.48 bits per heavy atom. The maximum absolute atomic E-state index is 13.7. The zero-order valence-corrected chi connectivity index (χ0v) is 21.2. The molecule has 8 heteroatoms. The van der Waals surface area contributed by atoms with Crippen LogP contribution in [-0.2, 0) is 4.79 Å².